The summed E-state index contributed by atoms with van der Waals surface area (Å²) in [5.74, 6) is 0.957. The van der Waals surface area contributed by atoms with Gasteiger partial charge in [0.05, 0.1) is 6.61 Å². The van der Waals surface area contributed by atoms with Gasteiger partial charge in [-0.15, -0.1) is 11.8 Å². The molecule has 0 bridgehead atoms. The van der Waals surface area contributed by atoms with E-state index in [1.807, 2.05) is 30.3 Å². The summed E-state index contributed by atoms with van der Waals surface area (Å²) in [6, 6.07) is 10.4. The predicted octanol–water partition coefficient (Wildman–Crippen LogP) is 2.39. The summed E-state index contributed by atoms with van der Waals surface area (Å²) in [4.78, 5) is 12.2. The molecule has 1 fully saturated rings. The Morgan fingerprint density at radius 2 is 2.17 bits per heavy atom. The summed E-state index contributed by atoms with van der Waals surface area (Å²) in [5, 5.41) is 2.96. The van der Waals surface area contributed by atoms with Gasteiger partial charge in [-0.2, -0.15) is 0 Å². The molecule has 0 saturated heterocycles. The van der Waals surface area contributed by atoms with Gasteiger partial charge in [-0.3, -0.25) is 4.79 Å². The van der Waals surface area contributed by atoms with Gasteiger partial charge in [0.25, 0.3) is 0 Å². The largest absolute Gasteiger partial charge is 0.384 e. The van der Waals surface area contributed by atoms with E-state index in [9.17, 15) is 4.79 Å². The first-order valence-corrected chi connectivity index (χ1v) is 7.32. The molecule has 1 amide bonds. The molecule has 1 aliphatic carbocycles. The molecule has 0 radical (unpaired) electrons. The third-order valence-corrected chi connectivity index (χ3v) is 4.06. The molecule has 4 heteroatoms. The molecule has 0 aliphatic heterocycles. The Hall–Kier alpha value is -1.00. The van der Waals surface area contributed by atoms with Crippen LogP contribution < -0.4 is 5.32 Å². The van der Waals surface area contributed by atoms with Crippen molar-refractivity contribution in [2.45, 2.75) is 24.1 Å². The average molecular weight is 265 g/mol. The molecule has 1 aromatic carbocycles. The Balaban J connectivity index is 1.99. The number of nitrogens with one attached hydrogen (secondary N) is 1. The van der Waals surface area contributed by atoms with E-state index in [1.54, 1.807) is 18.9 Å². The van der Waals surface area contributed by atoms with E-state index in [4.69, 9.17) is 4.74 Å². The summed E-state index contributed by atoms with van der Waals surface area (Å²) in [5.41, 5.74) is 1.07. The number of thioether (sulfide) groups is 1. The maximum absolute atomic E-state index is 12.2. The Labute approximate surface area is 112 Å². The number of benzene rings is 1. The molecule has 0 spiro atoms. The zero-order valence-electron chi connectivity index (χ0n) is 10.6. The number of carbonyl (C=O) groups excluding carboxylic acids is 1. The minimum atomic E-state index is -0.123. The molecule has 1 unspecified atom stereocenters. The summed E-state index contributed by atoms with van der Waals surface area (Å²) in [6.45, 7) is 0.671. The van der Waals surface area contributed by atoms with Crippen LogP contribution in [0.15, 0.2) is 30.3 Å². The number of carbonyl (C=O) groups is 1. The second-order valence-corrected chi connectivity index (χ2v) is 5.65. The SMILES string of the molecule is COCCSC(C(=O)NC1CC1)c1ccccc1. The van der Waals surface area contributed by atoms with Crippen molar-refractivity contribution >= 4 is 17.7 Å². The van der Waals surface area contributed by atoms with Crippen LogP contribution in [0.1, 0.15) is 23.7 Å². The first-order valence-electron chi connectivity index (χ1n) is 6.27. The van der Waals surface area contributed by atoms with Crippen LogP contribution in [0.5, 0.6) is 0 Å². The fourth-order valence-corrected chi connectivity index (χ4v) is 2.77. The van der Waals surface area contributed by atoms with Crippen molar-refractivity contribution in [3.63, 3.8) is 0 Å². The zero-order chi connectivity index (χ0) is 12.8. The summed E-state index contributed by atoms with van der Waals surface area (Å²) < 4.78 is 5.05. The number of ether oxygens (including phenoxy) is 1. The van der Waals surface area contributed by atoms with E-state index in [0.717, 1.165) is 24.2 Å². The Morgan fingerprint density at radius 3 is 2.78 bits per heavy atom. The molecular formula is C14H19NO2S. The predicted molar refractivity (Wildman–Crippen MR) is 74.7 cm³/mol. The maximum atomic E-state index is 12.2. The van der Waals surface area contributed by atoms with E-state index in [2.05, 4.69) is 5.32 Å². The minimum Gasteiger partial charge on any atom is -0.384 e. The smallest absolute Gasteiger partial charge is 0.237 e. The molecule has 1 atom stereocenters. The third kappa shape index (κ3) is 4.03. The fourth-order valence-electron chi connectivity index (χ4n) is 1.70. The Bertz CT molecular complexity index is 379. The van der Waals surface area contributed by atoms with Crippen LogP contribution >= 0.6 is 11.8 Å². The fraction of sp³-hybridized carbons (Fsp3) is 0.500. The van der Waals surface area contributed by atoms with Crippen LogP contribution in [0.3, 0.4) is 0 Å². The van der Waals surface area contributed by atoms with Gasteiger partial charge >= 0.3 is 0 Å². The van der Waals surface area contributed by atoms with Crippen molar-refractivity contribution in [3.8, 4) is 0 Å². The quantitative estimate of drug-likeness (QED) is 0.769. The second kappa shape index (κ2) is 6.81. The third-order valence-electron chi connectivity index (χ3n) is 2.84. The lowest BCUT2D eigenvalue weighted by atomic mass is 10.1. The van der Waals surface area contributed by atoms with Crippen LogP contribution in [-0.2, 0) is 9.53 Å². The van der Waals surface area contributed by atoms with Crippen molar-refractivity contribution in [1.82, 2.24) is 5.32 Å². The van der Waals surface area contributed by atoms with Gasteiger partial charge < -0.3 is 10.1 Å². The topological polar surface area (TPSA) is 38.3 Å². The van der Waals surface area contributed by atoms with Crippen molar-refractivity contribution in [1.29, 1.82) is 0 Å². The number of rotatable bonds is 7. The van der Waals surface area contributed by atoms with Crippen molar-refractivity contribution in [2.24, 2.45) is 0 Å². The van der Waals surface area contributed by atoms with Crippen LogP contribution in [0.2, 0.25) is 0 Å². The first-order chi connectivity index (χ1) is 8.81. The van der Waals surface area contributed by atoms with Crippen molar-refractivity contribution in [2.75, 3.05) is 19.5 Å². The molecule has 1 aromatic rings. The summed E-state index contributed by atoms with van der Waals surface area (Å²) in [6.07, 6.45) is 2.24. The molecule has 3 nitrogen and oxygen atoms in total. The molecule has 1 aliphatic rings. The summed E-state index contributed by atoms with van der Waals surface area (Å²) >= 11 is 1.64. The Morgan fingerprint density at radius 1 is 1.44 bits per heavy atom. The van der Waals surface area contributed by atoms with E-state index in [1.165, 1.54) is 0 Å². The zero-order valence-corrected chi connectivity index (χ0v) is 11.4. The lowest BCUT2D eigenvalue weighted by Crippen LogP contribution is -2.30. The van der Waals surface area contributed by atoms with Crippen LogP contribution in [0.25, 0.3) is 0 Å². The normalized spacial score (nSPS) is 16.3. The van der Waals surface area contributed by atoms with Gasteiger partial charge in [0.15, 0.2) is 0 Å². The molecule has 18 heavy (non-hydrogen) atoms. The molecule has 98 valence electrons. The van der Waals surface area contributed by atoms with Gasteiger partial charge in [0, 0.05) is 18.9 Å². The maximum Gasteiger partial charge on any atom is 0.237 e. The monoisotopic (exact) mass is 265 g/mol. The molecule has 0 heterocycles. The van der Waals surface area contributed by atoms with Gasteiger partial charge in [0.1, 0.15) is 5.25 Å². The number of hydrogen-bond donors (Lipinski definition) is 1. The van der Waals surface area contributed by atoms with Crippen molar-refractivity contribution in [3.05, 3.63) is 35.9 Å². The Kier molecular flexibility index (Phi) is 5.08. The highest BCUT2D eigenvalue weighted by Gasteiger charge is 2.28. The molecular weight excluding hydrogens is 246 g/mol. The molecule has 0 aromatic heterocycles. The number of methoxy groups -OCH3 is 1. The van der Waals surface area contributed by atoms with Crippen LogP contribution in [0, 0.1) is 0 Å². The van der Waals surface area contributed by atoms with Gasteiger partial charge in [-0.1, -0.05) is 30.3 Å². The highest BCUT2D eigenvalue weighted by molar-refractivity contribution is 8.00. The van der Waals surface area contributed by atoms with E-state index in [0.29, 0.717) is 12.6 Å². The van der Waals surface area contributed by atoms with Crippen molar-refractivity contribution < 1.29 is 9.53 Å². The standard InChI is InChI=1S/C14H19NO2S/c1-17-9-10-18-13(11-5-3-2-4-6-11)14(16)15-12-7-8-12/h2-6,12-13H,7-10H2,1H3,(H,15,16). The van der Waals surface area contributed by atoms with Crippen LogP contribution in [0.4, 0.5) is 0 Å². The molecule has 1 N–H and O–H groups in total. The second-order valence-electron chi connectivity index (χ2n) is 4.44. The number of amides is 1. The molecule has 2 rings (SSSR count). The van der Waals surface area contributed by atoms with Gasteiger partial charge in [0.2, 0.25) is 5.91 Å². The first kappa shape index (κ1) is 13.4. The highest BCUT2D eigenvalue weighted by atomic mass is 32.2. The van der Waals surface area contributed by atoms with Gasteiger partial charge in [-0.05, 0) is 18.4 Å². The van der Waals surface area contributed by atoms with E-state index in [-0.39, 0.29) is 11.2 Å². The summed E-state index contributed by atoms with van der Waals surface area (Å²) in [7, 11) is 1.68. The highest BCUT2D eigenvalue weighted by Crippen LogP contribution is 2.30. The van der Waals surface area contributed by atoms with E-state index >= 15 is 0 Å². The number of hydrogen-bond acceptors (Lipinski definition) is 3. The molecule has 1 saturated carbocycles. The lowest BCUT2D eigenvalue weighted by Gasteiger charge is -2.16. The average Bonchev–Trinajstić information content (AvgIpc) is 3.19. The lowest BCUT2D eigenvalue weighted by molar-refractivity contribution is -0.120. The minimum absolute atomic E-state index is 0.123. The van der Waals surface area contributed by atoms with Gasteiger partial charge in [-0.25, -0.2) is 0 Å². The van der Waals surface area contributed by atoms with Crippen LogP contribution in [-0.4, -0.2) is 31.4 Å². The van der Waals surface area contributed by atoms with E-state index < -0.39 is 0 Å².